The molecule has 0 unspecified atom stereocenters. The highest BCUT2D eigenvalue weighted by molar-refractivity contribution is 5.92. The molecule has 6 nitrogen and oxygen atoms in total. The summed E-state index contributed by atoms with van der Waals surface area (Å²) >= 11 is 0. The van der Waals surface area contributed by atoms with Gasteiger partial charge >= 0.3 is 0 Å². The molecule has 1 aromatic heterocycles. The molecule has 0 radical (unpaired) electrons. The van der Waals surface area contributed by atoms with Crippen molar-refractivity contribution in [2.75, 3.05) is 11.9 Å². The lowest BCUT2D eigenvalue weighted by atomic mass is 10.1. The molecule has 1 heterocycles. The van der Waals surface area contributed by atoms with Gasteiger partial charge in [0.25, 0.3) is 11.8 Å². The highest BCUT2D eigenvalue weighted by Crippen LogP contribution is 2.30. The van der Waals surface area contributed by atoms with Crippen LogP contribution in [0, 0.1) is 13.8 Å². The third-order valence-electron chi connectivity index (χ3n) is 4.48. The molecule has 6 heteroatoms. The van der Waals surface area contributed by atoms with E-state index < -0.39 is 0 Å². The Kier molecular flexibility index (Phi) is 5.57. The van der Waals surface area contributed by atoms with Crippen molar-refractivity contribution in [1.82, 2.24) is 10.1 Å². The van der Waals surface area contributed by atoms with Gasteiger partial charge in [-0.05, 0) is 49.7 Å². The number of amides is 1. The Morgan fingerprint density at radius 2 is 1.73 bits per heavy atom. The zero-order valence-electron chi connectivity index (χ0n) is 16.8. The van der Waals surface area contributed by atoms with Crippen molar-refractivity contribution in [1.29, 1.82) is 0 Å². The molecule has 3 aromatic carbocycles. The summed E-state index contributed by atoms with van der Waals surface area (Å²) in [5.74, 6) is 1.08. The van der Waals surface area contributed by atoms with Gasteiger partial charge in [0, 0.05) is 11.3 Å². The van der Waals surface area contributed by atoms with Gasteiger partial charge in [0.2, 0.25) is 5.82 Å². The number of aryl methyl sites for hydroxylation is 2. The summed E-state index contributed by atoms with van der Waals surface area (Å²) in [4.78, 5) is 16.8. The summed E-state index contributed by atoms with van der Waals surface area (Å²) in [5.41, 5.74) is 4.42. The Labute approximate surface area is 174 Å². The molecule has 1 N–H and O–H groups in total. The normalized spacial score (nSPS) is 10.6. The Morgan fingerprint density at radius 3 is 2.53 bits per heavy atom. The number of carbonyl (C=O) groups is 1. The van der Waals surface area contributed by atoms with Crippen LogP contribution >= 0.6 is 0 Å². The molecule has 0 atom stereocenters. The van der Waals surface area contributed by atoms with Gasteiger partial charge in [0.05, 0.1) is 5.56 Å². The minimum Gasteiger partial charge on any atom is -0.483 e. The van der Waals surface area contributed by atoms with E-state index in [1.54, 1.807) is 6.07 Å². The smallest absolute Gasteiger partial charge is 0.262 e. The van der Waals surface area contributed by atoms with Crippen LogP contribution in [-0.4, -0.2) is 22.7 Å². The zero-order chi connectivity index (χ0) is 20.9. The molecule has 0 aliphatic carbocycles. The van der Waals surface area contributed by atoms with Crippen LogP contribution < -0.4 is 10.1 Å². The number of benzene rings is 3. The van der Waals surface area contributed by atoms with Crippen LogP contribution in [0.2, 0.25) is 0 Å². The number of aromatic nitrogens is 2. The average molecular weight is 399 g/mol. The van der Waals surface area contributed by atoms with Crippen LogP contribution in [0.3, 0.4) is 0 Å². The first-order valence-corrected chi connectivity index (χ1v) is 9.58. The van der Waals surface area contributed by atoms with Crippen LogP contribution in [0.15, 0.2) is 77.3 Å². The molecule has 0 spiro atoms. The summed E-state index contributed by atoms with van der Waals surface area (Å²) in [6.07, 6.45) is 0. The quantitative estimate of drug-likeness (QED) is 0.492. The molecule has 150 valence electrons. The predicted molar refractivity (Wildman–Crippen MR) is 115 cm³/mol. The second-order valence-electron chi connectivity index (χ2n) is 7.00. The largest absolute Gasteiger partial charge is 0.483 e. The summed E-state index contributed by atoms with van der Waals surface area (Å²) in [5, 5.41) is 6.91. The first kappa shape index (κ1) is 19.4. The number of para-hydroxylation sites is 1. The van der Waals surface area contributed by atoms with E-state index in [1.165, 1.54) is 0 Å². The number of rotatable bonds is 6. The lowest BCUT2D eigenvalue weighted by Crippen LogP contribution is -2.20. The SMILES string of the molecule is Cc1cccc(NC(=O)COc2ccccc2-c2nc(-c3cccc(C)c3)no2)c1. The second-order valence-corrected chi connectivity index (χ2v) is 7.00. The van der Waals surface area contributed by atoms with E-state index in [1.807, 2.05) is 80.6 Å². The van der Waals surface area contributed by atoms with E-state index in [0.29, 0.717) is 23.0 Å². The van der Waals surface area contributed by atoms with E-state index in [2.05, 4.69) is 15.5 Å². The van der Waals surface area contributed by atoms with Gasteiger partial charge < -0.3 is 14.6 Å². The van der Waals surface area contributed by atoms with Crippen molar-refractivity contribution in [3.63, 3.8) is 0 Å². The third-order valence-corrected chi connectivity index (χ3v) is 4.48. The number of carbonyl (C=O) groups excluding carboxylic acids is 1. The first-order chi connectivity index (χ1) is 14.6. The molecule has 1 amide bonds. The molecule has 0 aliphatic heterocycles. The van der Waals surface area contributed by atoms with Gasteiger partial charge in [0.1, 0.15) is 5.75 Å². The summed E-state index contributed by atoms with van der Waals surface area (Å²) in [6.45, 7) is 3.84. The standard InChI is InChI=1S/C24H21N3O3/c1-16-7-5-9-18(13-16)23-26-24(30-27-23)20-11-3-4-12-21(20)29-15-22(28)25-19-10-6-8-17(2)14-19/h3-14H,15H2,1-2H3,(H,25,28). The number of nitrogens with zero attached hydrogens (tertiary/aromatic N) is 2. The molecule has 0 aliphatic rings. The lowest BCUT2D eigenvalue weighted by Gasteiger charge is -2.10. The van der Waals surface area contributed by atoms with Gasteiger partial charge in [-0.3, -0.25) is 4.79 Å². The van der Waals surface area contributed by atoms with Crippen molar-refractivity contribution < 1.29 is 14.1 Å². The van der Waals surface area contributed by atoms with Crippen LogP contribution in [0.1, 0.15) is 11.1 Å². The Bertz CT molecular complexity index is 1180. The van der Waals surface area contributed by atoms with E-state index in [0.717, 1.165) is 22.4 Å². The zero-order valence-corrected chi connectivity index (χ0v) is 16.8. The molecule has 4 aromatic rings. The molecule has 0 bridgehead atoms. The molecule has 0 saturated carbocycles. The van der Waals surface area contributed by atoms with Gasteiger partial charge in [-0.1, -0.05) is 53.2 Å². The number of nitrogens with one attached hydrogen (secondary N) is 1. The minimum absolute atomic E-state index is 0.135. The topological polar surface area (TPSA) is 77.2 Å². The minimum atomic E-state index is -0.249. The maximum atomic E-state index is 12.3. The molecular weight excluding hydrogens is 378 g/mol. The molecule has 4 rings (SSSR count). The summed E-state index contributed by atoms with van der Waals surface area (Å²) in [6, 6.07) is 22.8. The van der Waals surface area contributed by atoms with E-state index in [4.69, 9.17) is 9.26 Å². The van der Waals surface area contributed by atoms with Crippen molar-refractivity contribution >= 4 is 11.6 Å². The molecule has 30 heavy (non-hydrogen) atoms. The average Bonchev–Trinajstić information content (AvgIpc) is 3.23. The number of hydrogen-bond donors (Lipinski definition) is 1. The predicted octanol–water partition coefficient (Wildman–Crippen LogP) is 5.04. The van der Waals surface area contributed by atoms with Gasteiger partial charge in [-0.15, -0.1) is 0 Å². The van der Waals surface area contributed by atoms with Crippen molar-refractivity contribution in [2.45, 2.75) is 13.8 Å². The van der Waals surface area contributed by atoms with E-state index in [9.17, 15) is 4.79 Å². The van der Waals surface area contributed by atoms with Gasteiger partial charge in [-0.2, -0.15) is 4.98 Å². The molecular formula is C24H21N3O3. The first-order valence-electron chi connectivity index (χ1n) is 9.58. The fourth-order valence-electron chi connectivity index (χ4n) is 3.07. The monoisotopic (exact) mass is 399 g/mol. The van der Waals surface area contributed by atoms with Crippen LogP contribution in [-0.2, 0) is 4.79 Å². The number of ether oxygens (including phenoxy) is 1. The van der Waals surface area contributed by atoms with Crippen LogP contribution in [0.25, 0.3) is 22.8 Å². The lowest BCUT2D eigenvalue weighted by molar-refractivity contribution is -0.118. The third kappa shape index (κ3) is 4.55. The van der Waals surface area contributed by atoms with Gasteiger partial charge in [-0.25, -0.2) is 0 Å². The highest BCUT2D eigenvalue weighted by Gasteiger charge is 2.16. The number of anilines is 1. The van der Waals surface area contributed by atoms with Crippen LogP contribution in [0.4, 0.5) is 5.69 Å². The Morgan fingerprint density at radius 1 is 0.967 bits per heavy atom. The second kappa shape index (κ2) is 8.61. The fraction of sp³-hybridized carbons (Fsp3) is 0.125. The Balaban J connectivity index is 1.48. The fourth-order valence-corrected chi connectivity index (χ4v) is 3.07. The Hall–Kier alpha value is -3.93. The highest BCUT2D eigenvalue weighted by atomic mass is 16.5. The summed E-state index contributed by atoms with van der Waals surface area (Å²) in [7, 11) is 0. The van der Waals surface area contributed by atoms with Crippen molar-refractivity contribution in [2.24, 2.45) is 0 Å². The maximum Gasteiger partial charge on any atom is 0.262 e. The summed E-state index contributed by atoms with van der Waals surface area (Å²) < 4.78 is 11.2. The van der Waals surface area contributed by atoms with Crippen molar-refractivity contribution in [3.05, 3.63) is 83.9 Å². The maximum absolute atomic E-state index is 12.3. The molecule has 0 fully saturated rings. The molecule has 0 saturated heterocycles. The number of hydrogen-bond acceptors (Lipinski definition) is 5. The van der Waals surface area contributed by atoms with Gasteiger partial charge in [0.15, 0.2) is 6.61 Å². The van der Waals surface area contributed by atoms with Crippen LogP contribution in [0.5, 0.6) is 5.75 Å². The van der Waals surface area contributed by atoms with E-state index in [-0.39, 0.29) is 12.5 Å². The van der Waals surface area contributed by atoms with E-state index >= 15 is 0 Å². The van der Waals surface area contributed by atoms with Crippen molar-refractivity contribution in [3.8, 4) is 28.6 Å².